The second-order valence-corrected chi connectivity index (χ2v) is 5.35. The predicted octanol–water partition coefficient (Wildman–Crippen LogP) is 2.78. The Hall–Kier alpha value is -1.28. The maximum atomic E-state index is 8.61. The van der Waals surface area contributed by atoms with Gasteiger partial charge in [-0.3, -0.25) is 0 Å². The molecule has 0 fully saturated rings. The van der Waals surface area contributed by atoms with Gasteiger partial charge in [-0.1, -0.05) is 17.9 Å². The Morgan fingerprint density at radius 1 is 1.29 bits per heavy atom. The Morgan fingerprint density at radius 2 is 2.24 bits per heavy atom. The van der Waals surface area contributed by atoms with Crippen molar-refractivity contribution in [3.8, 4) is 11.8 Å². The minimum absolute atomic E-state index is 0.0874. The summed E-state index contributed by atoms with van der Waals surface area (Å²) in [7, 11) is 0. The Balaban J connectivity index is 1.94. The molecule has 0 spiro atoms. The molecule has 4 heteroatoms. The van der Waals surface area contributed by atoms with Gasteiger partial charge in [0.05, 0.1) is 9.90 Å². The van der Waals surface area contributed by atoms with Crippen LogP contribution in [0.5, 0.6) is 0 Å². The number of hydrogen-bond donors (Lipinski definition) is 1. The first-order chi connectivity index (χ1) is 8.38. The van der Waals surface area contributed by atoms with Crippen molar-refractivity contribution in [1.29, 1.82) is 0 Å². The van der Waals surface area contributed by atoms with E-state index in [9.17, 15) is 0 Å². The van der Waals surface area contributed by atoms with Crippen LogP contribution in [0.2, 0.25) is 0 Å². The van der Waals surface area contributed by atoms with Gasteiger partial charge in [-0.2, -0.15) is 0 Å². The van der Waals surface area contributed by atoms with Crippen molar-refractivity contribution in [2.45, 2.75) is 10.8 Å². The SMILES string of the molecule is OCC#Cc1ccc(CSc2ccccn2)s1. The third kappa shape index (κ3) is 3.90. The van der Waals surface area contributed by atoms with Crippen molar-refractivity contribution in [2.75, 3.05) is 6.61 Å². The minimum atomic E-state index is -0.0874. The molecule has 0 radical (unpaired) electrons. The van der Waals surface area contributed by atoms with Gasteiger partial charge in [-0.25, -0.2) is 4.98 Å². The highest BCUT2D eigenvalue weighted by Gasteiger charge is 2.00. The Kier molecular flexibility index (Phi) is 4.63. The van der Waals surface area contributed by atoms with Crippen LogP contribution in [0, 0.1) is 11.8 Å². The molecule has 0 aliphatic rings. The summed E-state index contributed by atoms with van der Waals surface area (Å²) < 4.78 is 0. The average Bonchev–Trinajstić information content (AvgIpc) is 2.83. The molecule has 0 saturated heterocycles. The molecule has 17 heavy (non-hydrogen) atoms. The summed E-state index contributed by atoms with van der Waals surface area (Å²) in [5.74, 6) is 6.46. The predicted molar refractivity (Wildman–Crippen MR) is 72.1 cm³/mol. The van der Waals surface area contributed by atoms with E-state index in [1.165, 1.54) is 4.88 Å². The zero-order valence-electron chi connectivity index (χ0n) is 9.09. The highest BCUT2D eigenvalue weighted by atomic mass is 32.2. The molecule has 0 aliphatic carbocycles. The van der Waals surface area contributed by atoms with Crippen molar-refractivity contribution >= 4 is 23.1 Å². The lowest BCUT2D eigenvalue weighted by Crippen LogP contribution is -1.78. The van der Waals surface area contributed by atoms with Crippen LogP contribution in [0.25, 0.3) is 0 Å². The summed E-state index contributed by atoms with van der Waals surface area (Å²) in [6, 6.07) is 9.97. The fraction of sp³-hybridized carbons (Fsp3) is 0.154. The Labute approximate surface area is 109 Å². The Bertz CT molecular complexity index is 525. The molecule has 0 atom stereocenters. The molecule has 2 rings (SSSR count). The second kappa shape index (κ2) is 6.45. The molecule has 0 aliphatic heterocycles. The smallest absolute Gasteiger partial charge is 0.104 e. The topological polar surface area (TPSA) is 33.1 Å². The zero-order chi connectivity index (χ0) is 11.9. The van der Waals surface area contributed by atoms with E-state index in [4.69, 9.17) is 5.11 Å². The number of aliphatic hydroxyl groups is 1. The van der Waals surface area contributed by atoms with Crippen molar-refractivity contribution in [3.05, 3.63) is 46.3 Å². The summed E-state index contributed by atoms with van der Waals surface area (Å²) in [6.07, 6.45) is 1.80. The molecule has 0 unspecified atom stereocenters. The van der Waals surface area contributed by atoms with E-state index < -0.39 is 0 Å². The monoisotopic (exact) mass is 261 g/mol. The molecule has 2 heterocycles. The van der Waals surface area contributed by atoms with Gasteiger partial charge in [0.25, 0.3) is 0 Å². The molecule has 2 aromatic heterocycles. The molecule has 0 amide bonds. The van der Waals surface area contributed by atoms with Crippen LogP contribution < -0.4 is 0 Å². The van der Waals surface area contributed by atoms with Crippen LogP contribution in [0.1, 0.15) is 9.75 Å². The van der Waals surface area contributed by atoms with Crippen molar-refractivity contribution in [1.82, 2.24) is 4.98 Å². The van der Waals surface area contributed by atoms with Crippen molar-refractivity contribution in [2.24, 2.45) is 0 Å². The van der Waals surface area contributed by atoms with Gasteiger partial charge >= 0.3 is 0 Å². The van der Waals surface area contributed by atoms with Gasteiger partial charge in [0, 0.05) is 16.8 Å². The number of thioether (sulfide) groups is 1. The van der Waals surface area contributed by atoms with Crippen molar-refractivity contribution in [3.63, 3.8) is 0 Å². The molecule has 86 valence electrons. The first-order valence-electron chi connectivity index (χ1n) is 5.11. The highest BCUT2D eigenvalue weighted by molar-refractivity contribution is 7.98. The van der Waals surface area contributed by atoms with E-state index in [2.05, 4.69) is 22.9 Å². The number of rotatable bonds is 3. The summed E-state index contributed by atoms with van der Waals surface area (Å²) in [5.41, 5.74) is 0. The van der Waals surface area contributed by atoms with E-state index >= 15 is 0 Å². The third-order valence-electron chi connectivity index (χ3n) is 1.95. The van der Waals surface area contributed by atoms with Gasteiger partial charge in [-0.15, -0.1) is 23.1 Å². The number of thiophene rings is 1. The number of hydrogen-bond acceptors (Lipinski definition) is 4. The summed E-state index contributed by atoms with van der Waals surface area (Å²) >= 11 is 3.37. The molecule has 0 bridgehead atoms. The van der Waals surface area contributed by atoms with Crippen LogP contribution in [0.15, 0.2) is 41.6 Å². The van der Waals surface area contributed by atoms with E-state index in [1.807, 2.05) is 24.3 Å². The quantitative estimate of drug-likeness (QED) is 0.681. The largest absolute Gasteiger partial charge is 0.384 e. The lowest BCUT2D eigenvalue weighted by atomic mass is 10.4. The highest BCUT2D eigenvalue weighted by Crippen LogP contribution is 2.25. The third-order valence-corrected chi connectivity index (χ3v) is 4.13. The van der Waals surface area contributed by atoms with Gasteiger partial charge in [0.15, 0.2) is 0 Å². The summed E-state index contributed by atoms with van der Waals surface area (Å²) in [4.78, 5) is 6.52. The fourth-order valence-corrected chi connectivity index (χ4v) is 3.01. The minimum Gasteiger partial charge on any atom is -0.384 e. The fourth-order valence-electron chi connectivity index (χ4n) is 1.23. The average molecular weight is 261 g/mol. The van der Waals surface area contributed by atoms with E-state index in [0.29, 0.717) is 0 Å². The summed E-state index contributed by atoms with van der Waals surface area (Å²) in [5, 5.41) is 9.64. The maximum Gasteiger partial charge on any atom is 0.104 e. The van der Waals surface area contributed by atoms with Crippen LogP contribution in [-0.4, -0.2) is 16.7 Å². The van der Waals surface area contributed by atoms with E-state index in [0.717, 1.165) is 15.7 Å². The molecule has 1 N–H and O–H groups in total. The lowest BCUT2D eigenvalue weighted by Gasteiger charge is -1.96. The summed E-state index contributed by atoms with van der Waals surface area (Å²) in [6.45, 7) is -0.0874. The zero-order valence-corrected chi connectivity index (χ0v) is 10.7. The van der Waals surface area contributed by atoms with Crippen LogP contribution in [-0.2, 0) is 5.75 Å². The second-order valence-electron chi connectivity index (χ2n) is 3.18. The standard InChI is InChI=1S/C13H11NOS2/c15-9-3-4-11-6-7-12(17-11)10-16-13-5-1-2-8-14-13/h1-2,5-8,15H,9-10H2. The molecule has 0 saturated carbocycles. The van der Waals surface area contributed by atoms with Gasteiger partial charge < -0.3 is 5.11 Å². The number of aromatic nitrogens is 1. The molecule has 0 aromatic carbocycles. The van der Waals surface area contributed by atoms with E-state index in [1.54, 1.807) is 29.3 Å². The normalized spacial score (nSPS) is 9.71. The first-order valence-corrected chi connectivity index (χ1v) is 6.91. The molecular formula is C13H11NOS2. The van der Waals surface area contributed by atoms with Crippen LogP contribution in [0.4, 0.5) is 0 Å². The van der Waals surface area contributed by atoms with Crippen LogP contribution in [0.3, 0.4) is 0 Å². The molecule has 2 aromatic rings. The van der Waals surface area contributed by atoms with Crippen LogP contribution >= 0.6 is 23.1 Å². The first kappa shape index (κ1) is 12.2. The van der Waals surface area contributed by atoms with Gasteiger partial charge in [-0.05, 0) is 24.3 Å². The van der Waals surface area contributed by atoms with Gasteiger partial charge in [0.2, 0.25) is 0 Å². The molecular weight excluding hydrogens is 250 g/mol. The number of nitrogens with zero attached hydrogens (tertiary/aromatic N) is 1. The lowest BCUT2D eigenvalue weighted by molar-refractivity contribution is 0.350. The number of aliphatic hydroxyl groups excluding tert-OH is 1. The maximum absolute atomic E-state index is 8.61. The van der Waals surface area contributed by atoms with E-state index in [-0.39, 0.29) is 6.61 Å². The van der Waals surface area contributed by atoms with Gasteiger partial charge in [0.1, 0.15) is 6.61 Å². The van der Waals surface area contributed by atoms with Crippen molar-refractivity contribution < 1.29 is 5.11 Å². The number of pyridine rings is 1. The molecule has 2 nitrogen and oxygen atoms in total. The Morgan fingerprint density at radius 3 is 3.00 bits per heavy atom.